The van der Waals surface area contributed by atoms with Crippen LogP contribution in [0.3, 0.4) is 0 Å². The Morgan fingerprint density at radius 2 is 2.23 bits per heavy atom. The van der Waals surface area contributed by atoms with Crippen molar-refractivity contribution in [2.24, 2.45) is 16.5 Å². The Kier molecular flexibility index (Phi) is 2.79. The van der Waals surface area contributed by atoms with Crippen LogP contribution in [0.5, 0.6) is 0 Å². The molecular formula is C11H19NO. The zero-order chi connectivity index (χ0) is 10.1. The molecule has 0 aromatic heterocycles. The van der Waals surface area contributed by atoms with Gasteiger partial charge in [0, 0.05) is 12.3 Å². The van der Waals surface area contributed by atoms with Gasteiger partial charge in [-0.25, -0.2) is 0 Å². The molecule has 0 fully saturated rings. The monoisotopic (exact) mass is 181 g/mol. The first-order valence-electron chi connectivity index (χ1n) is 4.77. The van der Waals surface area contributed by atoms with E-state index in [9.17, 15) is 0 Å². The van der Waals surface area contributed by atoms with Crippen molar-refractivity contribution in [3.63, 3.8) is 0 Å². The van der Waals surface area contributed by atoms with Crippen molar-refractivity contribution in [2.45, 2.75) is 40.2 Å². The Balaban J connectivity index is 2.65. The SMILES string of the molecule is C=CC(C1CC(C)=NO1)C(C)(C)C. The minimum absolute atomic E-state index is 0.192. The van der Waals surface area contributed by atoms with Crippen LogP contribution in [0.1, 0.15) is 34.1 Å². The second-order valence-corrected chi connectivity index (χ2v) is 4.80. The molecular weight excluding hydrogens is 162 g/mol. The van der Waals surface area contributed by atoms with Gasteiger partial charge in [0.2, 0.25) is 0 Å². The molecule has 2 heteroatoms. The van der Waals surface area contributed by atoms with Gasteiger partial charge in [0.05, 0.1) is 5.71 Å². The molecule has 0 spiro atoms. The van der Waals surface area contributed by atoms with E-state index < -0.39 is 0 Å². The summed E-state index contributed by atoms with van der Waals surface area (Å²) in [5, 5.41) is 3.97. The van der Waals surface area contributed by atoms with Gasteiger partial charge >= 0.3 is 0 Å². The van der Waals surface area contributed by atoms with Gasteiger partial charge in [0.1, 0.15) is 6.10 Å². The van der Waals surface area contributed by atoms with E-state index in [1.807, 2.05) is 13.0 Å². The Bertz CT molecular complexity index is 225. The number of rotatable bonds is 2. The molecule has 0 amide bonds. The van der Waals surface area contributed by atoms with Crippen LogP contribution in [-0.4, -0.2) is 11.8 Å². The van der Waals surface area contributed by atoms with Crippen LogP contribution in [0, 0.1) is 11.3 Å². The minimum atomic E-state index is 0.192. The summed E-state index contributed by atoms with van der Waals surface area (Å²) in [5.74, 6) is 0.369. The van der Waals surface area contributed by atoms with E-state index in [1.165, 1.54) is 0 Å². The van der Waals surface area contributed by atoms with Crippen LogP contribution in [0.15, 0.2) is 17.8 Å². The van der Waals surface area contributed by atoms with E-state index in [4.69, 9.17) is 4.84 Å². The zero-order valence-corrected chi connectivity index (χ0v) is 9.00. The molecule has 0 N–H and O–H groups in total. The van der Waals surface area contributed by atoms with Crippen molar-refractivity contribution in [3.05, 3.63) is 12.7 Å². The van der Waals surface area contributed by atoms with E-state index in [0.29, 0.717) is 5.92 Å². The van der Waals surface area contributed by atoms with E-state index >= 15 is 0 Å². The van der Waals surface area contributed by atoms with Gasteiger partial charge in [0.25, 0.3) is 0 Å². The quantitative estimate of drug-likeness (QED) is 0.600. The normalized spacial score (nSPS) is 24.9. The third-order valence-electron chi connectivity index (χ3n) is 2.50. The fraction of sp³-hybridized carbons (Fsp3) is 0.727. The highest BCUT2D eigenvalue weighted by atomic mass is 16.6. The molecule has 0 radical (unpaired) electrons. The van der Waals surface area contributed by atoms with Gasteiger partial charge < -0.3 is 4.84 Å². The third-order valence-corrected chi connectivity index (χ3v) is 2.50. The average molecular weight is 181 g/mol. The second-order valence-electron chi connectivity index (χ2n) is 4.80. The van der Waals surface area contributed by atoms with Crippen LogP contribution >= 0.6 is 0 Å². The first-order chi connectivity index (χ1) is 5.95. The van der Waals surface area contributed by atoms with E-state index in [0.717, 1.165) is 12.1 Å². The molecule has 2 atom stereocenters. The van der Waals surface area contributed by atoms with Gasteiger partial charge in [-0.2, -0.15) is 0 Å². The van der Waals surface area contributed by atoms with Gasteiger partial charge in [-0.15, -0.1) is 6.58 Å². The summed E-state index contributed by atoms with van der Waals surface area (Å²) in [6, 6.07) is 0. The van der Waals surface area contributed by atoms with Gasteiger partial charge in [0.15, 0.2) is 0 Å². The maximum atomic E-state index is 5.36. The van der Waals surface area contributed by atoms with Crippen LogP contribution < -0.4 is 0 Å². The Labute approximate surface area is 80.7 Å². The highest BCUT2D eigenvalue weighted by Crippen LogP contribution is 2.34. The fourth-order valence-electron chi connectivity index (χ4n) is 1.78. The van der Waals surface area contributed by atoms with E-state index in [2.05, 4.69) is 32.5 Å². The predicted octanol–water partition coefficient (Wildman–Crippen LogP) is 3.00. The topological polar surface area (TPSA) is 21.6 Å². The summed E-state index contributed by atoms with van der Waals surface area (Å²) in [6.45, 7) is 12.5. The van der Waals surface area contributed by atoms with Crippen molar-refractivity contribution < 1.29 is 4.84 Å². The van der Waals surface area contributed by atoms with Crippen molar-refractivity contribution in [3.8, 4) is 0 Å². The summed E-state index contributed by atoms with van der Waals surface area (Å²) in [6.07, 6.45) is 3.12. The Morgan fingerprint density at radius 1 is 1.62 bits per heavy atom. The fourth-order valence-corrected chi connectivity index (χ4v) is 1.78. The molecule has 1 aliphatic heterocycles. The maximum absolute atomic E-state index is 5.36. The molecule has 0 saturated heterocycles. The molecule has 1 rings (SSSR count). The van der Waals surface area contributed by atoms with E-state index in [-0.39, 0.29) is 11.5 Å². The number of oxime groups is 1. The lowest BCUT2D eigenvalue weighted by Gasteiger charge is -2.31. The predicted molar refractivity (Wildman–Crippen MR) is 55.7 cm³/mol. The lowest BCUT2D eigenvalue weighted by atomic mass is 9.76. The molecule has 0 aliphatic carbocycles. The summed E-state index contributed by atoms with van der Waals surface area (Å²) < 4.78 is 0. The van der Waals surface area contributed by atoms with Gasteiger partial charge in [-0.3, -0.25) is 0 Å². The third kappa shape index (κ3) is 2.33. The smallest absolute Gasteiger partial charge is 0.139 e. The van der Waals surface area contributed by atoms with Gasteiger partial charge in [-0.1, -0.05) is 32.0 Å². The van der Waals surface area contributed by atoms with Crippen molar-refractivity contribution in [2.75, 3.05) is 0 Å². The van der Waals surface area contributed by atoms with Crippen LogP contribution in [0.25, 0.3) is 0 Å². The molecule has 1 heterocycles. The standard InChI is InChI=1S/C11H19NO/c1-6-9(11(3,4)5)10-7-8(2)12-13-10/h6,9-10H,1,7H2,2-5H3. The van der Waals surface area contributed by atoms with Crippen molar-refractivity contribution in [1.82, 2.24) is 0 Å². The molecule has 1 aliphatic rings. The van der Waals surface area contributed by atoms with Crippen molar-refractivity contribution in [1.29, 1.82) is 0 Å². The molecule has 2 nitrogen and oxygen atoms in total. The number of nitrogens with zero attached hydrogens (tertiary/aromatic N) is 1. The summed E-state index contributed by atoms with van der Waals surface area (Å²) >= 11 is 0. The van der Waals surface area contributed by atoms with Crippen LogP contribution in [-0.2, 0) is 4.84 Å². The Morgan fingerprint density at radius 3 is 2.54 bits per heavy atom. The molecule has 0 aromatic rings. The number of hydrogen-bond donors (Lipinski definition) is 0. The highest BCUT2D eigenvalue weighted by Gasteiger charge is 2.34. The number of hydrogen-bond acceptors (Lipinski definition) is 2. The second kappa shape index (κ2) is 3.52. The minimum Gasteiger partial charge on any atom is -0.392 e. The summed E-state index contributed by atoms with van der Waals surface area (Å²) in [5.41, 5.74) is 1.29. The first-order valence-corrected chi connectivity index (χ1v) is 4.77. The Hall–Kier alpha value is -0.790. The maximum Gasteiger partial charge on any atom is 0.139 e. The molecule has 74 valence electrons. The lowest BCUT2D eigenvalue weighted by molar-refractivity contribution is 0.0192. The summed E-state index contributed by atoms with van der Waals surface area (Å²) in [7, 11) is 0. The first kappa shape index (κ1) is 10.3. The van der Waals surface area contributed by atoms with Crippen LogP contribution in [0.2, 0.25) is 0 Å². The molecule has 0 aromatic carbocycles. The molecule has 0 saturated carbocycles. The molecule has 2 unspecified atom stereocenters. The lowest BCUT2D eigenvalue weighted by Crippen LogP contribution is -2.30. The van der Waals surface area contributed by atoms with Gasteiger partial charge in [-0.05, 0) is 12.3 Å². The zero-order valence-electron chi connectivity index (χ0n) is 9.00. The van der Waals surface area contributed by atoms with Crippen LogP contribution in [0.4, 0.5) is 0 Å². The molecule has 13 heavy (non-hydrogen) atoms. The summed E-state index contributed by atoms with van der Waals surface area (Å²) in [4.78, 5) is 5.36. The molecule has 0 bridgehead atoms. The highest BCUT2D eigenvalue weighted by molar-refractivity contribution is 5.82. The largest absolute Gasteiger partial charge is 0.392 e. The average Bonchev–Trinajstić information content (AvgIpc) is 2.34. The van der Waals surface area contributed by atoms with Crippen molar-refractivity contribution >= 4 is 5.71 Å². The van der Waals surface area contributed by atoms with E-state index in [1.54, 1.807) is 0 Å².